The molecular weight excluding hydrogens is 338 g/mol. The summed E-state index contributed by atoms with van der Waals surface area (Å²) in [4.78, 5) is 23.7. The average molecular weight is 357 g/mol. The zero-order valence-corrected chi connectivity index (χ0v) is 13.7. The van der Waals surface area contributed by atoms with E-state index in [9.17, 15) is 9.59 Å². The van der Waals surface area contributed by atoms with Crippen molar-refractivity contribution in [2.75, 3.05) is 0 Å². The van der Waals surface area contributed by atoms with Crippen molar-refractivity contribution < 1.29 is 30.0 Å². The summed E-state index contributed by atoms with van der Waals surface area (Å²) < 4.78 is 0. The molecule has 0 fully saturated rings. The molecule has 0 aliphatic rings. The molecule has 2 aromatic carbocycles. The van der Waals surface area contributed by atoms with Gasteiger partial charge < -0.3 is 20.4 Å². The van der Waals surface area contributed by atoms with Crippen LogP contribution in [-0.4, -0.2) is 49.6 Å². The smallest absolute Gasteiger partial charge is 0.335 e. The molecule has 7 heteroatoms. The highest BCUT2D eigenvalue weighted by molar-refractivity contribution is 5.83. The molecule has 0 spiro atoms. The highest BCUT2D eigenvalue weighted by Crippen LogP contribution is 2.07. The number of fused-ring (bicyclic) bond motifs is 1. The van der Waals surface area contributed by atoms with Crippen molar-refractivity contribution in [1.29, 1.82) is 0 Å². The second-order valence-corrected chi connectivity index (χ2v) is 4.92. The summed E-state index contributed by atoms with van der Waals surface area (Å²) in [7, 11) is 0. The first-order chi connectivity index (χ1) is 12.4. The van der Waals surface area contributed by atoms with Crippen LogP contribution in [0.25, 0.3) is 10.9 Å². The predicted octanol–water partition coefficient (Wildman–Crippen LogP) is 1.80. The Labute approximate surface area is 149 Å². The van der Waals surface area contributed by atoms with E-state index in [1.54, 1.807) is 0 Å². The van der Waals surface area contributed by atoms with Gasteiger partial charge in [0.1, 0.15) is 0 Å². The molecule has 2 unspecified atom stereocenters. The second kappa shape index (κ2) is 11.3. The number of aromatic nitrogens is 1. The number of carboxylic acid groups (broad SMARTS) is 2. The first-order valence-corrected chi connectivity index (χ1v) is 7.55. The van der Waals surface area contributed by atoms with Crippen molar-refractivity contribution >= 4 is 22.8 Å². The van der Waals surface area contributed by atoms with Gasteiger partial charge in [-0.2, -0.15) is 0 Å². The van der Waals surface area contributed by atoms with Crippen molar-refractivity contribution in [1.82, 2.24) is 4.98 Å². The van der Waals surface area contributed by atoms with Crippen LogP contribution in [0.1, 0.15) is 0 Å². The Bertz CT molecular complexity index is 699. The summed E-state index contributed by atoms with van der Waals surface area (Å²) in [5, 5.41) is 33.7. The van der Waals surface area contributed by atoms with E-state index in [2.05, 4.69) is 17.1 Å². The normalized spacial score (nSPS) is 11.8. The van der Waals surface area contributed by atoms with Gasteiger partial charge in [-0.15, -0.1) is 0 Å². The number of para-hydroxylation sites is 1. The quantitative estimate of drug-likeness (QED) is 0.563. The molecular formula is C19H19NO6. The maximum absolute atomic E-state index is 9.77. The largest absolute Gasteiger partial charge is 0.479 e. The van der Waals surface area contributed by atoms with Crippen molar-refractivity contribution in [2.24, 2.45) is 0 Å². The summed E-state index contributed by atoms with van der Waals surface area (Å²) in [6.45, 7) is 0. The van der Waals surface area contributed by atoms with E-state index < -0.39 is 24.1 Å². The maximum atomic E-state index is 9.77. The van der Waals surface area contributed by atoms with Crippen molar-refractivity contribution in [3.05, 3.63) is 79.0 Å². The number of hydrogen-bond donors (Lipinski definition) is 4. The van der Waals surface area contributed by atoms with Gasteiger partial charge in [-0.05, 0) is 12.1 Å². The lowest BCUT2D eigenvalue weighted by Gasteiger charge is -2.07. The van der Waals surface area contributed by atoms with Crippen LogP contribution in [-0.2, 0) is 9.59 Å². The first-order valence-electron chi connectivity index (χ1n) is 7.55. The standard InChI is InChI=1S/C9H7N.C6H6.C4H6O6/c1-2-6-9-8(4-1)5-3-7-10-9;1-2-4-6-5-3-1;5-1(3(7)8)2(6)4(9)10/h1-7H;1-6H;1-2,5-6H,(H,7,8)(H,9,10). The molecule has 0 bridgehead atoms. The fourth-order valence-electron chi connectivity index (χ4n) is 1.67. The molecule has 3 aromatic rings. The fraction of sp³-hybridized carbons (Fsp3) is 0.105. The third-order valence-corrected chi connectivity index (χ3v) is 2.98. The van der Waals surface area contributed by atoms with Crippen LogP contribution in [0.5, 0.6) is 0 Å². The van der Waals surface area contributed by atoms with E-state index in [0.29, 0.717) is 0 Å². The summed E-state index contributed by atoms with van der Waals surface area (Å²) >= 11 is 0. The summed E-state index contributed by atoms with van der Waals surface area (Å²) in [6.07, 6.45) is -2.72. The Morgan fingerprint density at radius 1 is 0.692 bits per heavy atom. The zero-order chi connectivity index (χ0) is 19.4. The lowest BCUT2D eigenvalue weighted by atomic mass is 10.2. The number of aliphatic hydroxyl groups excluding tert-OH is 2. The Morgan fingerprint density at radius 3 is 1.54 bits per heavy atom. The molecule has 1 heterocycles. The van der Waals surface area contributed by atoms with Gasteiger partial charge >= 0.3 is 11.9 Å². The van der Waals surface area contributed by atoms with Gasteiger partial charge in [-0.1, -0.05) is 60.7 Å². The van der Waals surface area contributed by atoms with Crippen LogP contribution < -0.4 is 0 Å². The minimum absolute atomic E-state index is 1.06. The van der Waals surface area contributed by atoms with Crippen LogP contribution in [0, 0.1) is 0 Å². The van der Waals surface area contributed by atoms with Crippen molar-refractivity contribution in [3.63, 3.8) is 0 Å². The number of rotatable bonds is 3. The van der Waals surface area contributed by atoms with Gasteiger partial charge in [0.25, 0.3) is 0 Å². The maximum Gasteiger partial charge on any atom is 0.335 e. The number of carbonyl (C=O) groups is 2. The Balaban J connectivity index is 0.000000201. The van der Waals surface area contributed by atoms with E-state index in [1.165, 1.54) is 5.39 Å². The SMILES string of the molecule is O=C(O)C(O)C(O)C(=O)O.c1ccc2ncccc2c1.c1ccccc1. The number of aliphatic carboxylic acids is 2. The Morgan fingerprint density at radius 2 is 1.12 bits per heavy atom. The molecule has 0 radical (unpaired) electrons. The molecule has 2 atom stereocenters. The van der Waals surface area contributed by atoms with Crippen LogP contribution in [0.3, 0.4) is 0 Å². The van der Waals surface area contributed by atoms with Crippen molar-refractivity contribution in [3.8, 4) is 0 Å². The molecule has 4 N–H and O–H groups in total. The van der Waals surface area contributed by atoms with Gasteiger partial charge in [0.15, 0.2) is 12.2 Å². The van der Waals surface area contributed by atoms with E-state index >= 15 is 0 Å². The number of nitrogens with zero attached hydrogens (tertiary/aromatic N) is 1. The third kappa shape index (κ3) is 7.52. The van der Waals surface area contributed by atoms with E-state index in [-0.39, 0.29) is 0 Å². The molecule has 26 heavy (non-hydrogen) atoms. The lowest BCUT2D eigenvalue weighted by Crippen LogP contribution is -2.39. The average Bonchev–Trinajstić information content (AvgIpc) is 2.69. The van der Waals surface area contributed by atoms with Crippen LogP contribution >= 0.6 is 0 Å². The zero-order valence-electron chi connectivity index (χ0n) is 13.7. The minimum atomic E-state index is -2.27. The van der Waals surface area contributed by atoms with E-state index in [4.69, 9.17) is 20.4 Å². The number of aliphatic hydroxyl groups is 2. The third-order valence-electron chi connectivity index (χ3n) is 2.98. The summed E-state index contributed by atoms with van der Waals surface area (Å²) in [5.41, 5.74) is 1.06. The van der Waals surface area contributed by atoms with Crippen LogP contribution in [0.4, 0.5) is 0 Å². The van der Waals surface area contributed by atoms with Crippen molar-refractivity contribution in [2.45, 2.75) is 12.2 Å². The summed E-state index contributed by atoms with van der Waals surface area (Å²) in [5.74, 6) is -3.54. The molecule has 1 aromatic heterocycles. The number of pyridine rings is 1. The van der Waals surface area contributed by atoms with Gasteiger partial charge in [-0.25, -0.2) is 9.59 Å². The molecule has 0 saturated heterocycles. The molecule has 3 rings (SSSR count). The second-order valence-electron chi connectivity index (χ2n) is 4.92. The van der Waals surface area contributed by atoms with Crippen LogP contribution in [0.2, 0.25) is 0 Å². The molecule has 136 valence electrons. The van der Waals surface area contributed by atoms with E-state index in [0.717, 1.165) is 5.52 Å². The highest BCUT2D eigenvalue weighted by Gasteiger charge is 2.29. The monoisotopic (exact) mass is 357 g/mol. The summed E-state index contributed by atoms with van der Waals surface area (Å²) in [6, 6.07) is 24.1. The number of carboxylic acids is 2. The Hall–Kier alpha value is -3.29. The molecule has 0 aliphatic heterocycles. The van der Waals surface area contributed by atoms with Crippen LogP contribution in [0.15, 0.2) is 79.0 Å². The number of hydrogen-bond acceptors (Lipinski definition) is 5. The highest BCUT2D eigenvalue weighted by atomic mass is 16.4. The van der Waals surface area contributed by atoms with E-state index in [1.807, 2.05) is 66.9 Å². The lowest BCUT2D eigenvalue weighted by molar-refractivity contribution is -0.165. The minimum Gasteiger partial charge on any atom is -0.479 e. The first kappa shape index (κ1) is 20.8. The molecule has 0 aliphatic carbocycles. The molecule has 0 amide bonds. The van der Waals surface area contributed by atoms with Gasteiger partial charge in [0.05, 0.1) is 5.52 Å². The fourth-order valence-corrected chi connectivity index (χ4v) is 1.67. The molecule has 7 nitrogen and oxygen atoms in total. The van der Waals surface area contributed by atoms with Gasteiger partial charge in [0.2, 0.25) is 0 Å². The van der Waals surface area contributed by atoms with Gasteiger partial charge in [0, 0.05) is 11.6 Å². The van der Waals surface area contributed by atoms with Gasteiger partial charge in [-0.3, -0.25) is 4.98 Å². The Kier molecular flexibility index (Phi) is 9.02. The topological polar surface area (TPSA) is 128 Å². The number of benzene rings is 2. The molecule has 0 saturated carbocycles. The predicted molar refractivity (Wildman–Crippen MR) is 95.5 cm³/mol.